The Kier molecular flexibility index (Phi) is 5.79. The molecule has 0 N–H and O–H groups in total. The highest BCUT2D eigenvalue weighted by molar-refractivity contribution is 5.79. The molecule has 36 heavy (non-hydrogen) atoms. The van der Waals surface area contributed by atoms with Gasteiger partial charge in [-0.25, -0.2) is 4.79 Å². The number of alkyl halides is 3. The van der Waals surface area contributed by atoms with Gasteiger partial charge < -0.3 is 4.74 Å². The van der Waals surface area contributed by atoms with Crippen molar-refractivity contribution in [2.75, 3.05) is 13.2 Å². The third-order valence-electron chi connectivity index (χ3n) is 6.04. The van der Waals surface area contributed by atoms with E-state index in [0.717, 1.165) is 22.3 Å². The summed E-state index contributed by atoms with van der Waals surface area (Å²) in [5.41, 5.74) is 0.352. The Balaban J connectivity index is 1.81. The van der Waals surface area contributed by atoms with Gasteiger partial charge in [-0.1, -0.05) is 30.3 Å². The Labute approximate surface area is 202 Å². The van der Waals surface area contributed by atoms with E-state index in [2.05, 4.69) is 4.98 Å². The van der Waals surface area contributed by atoms with Crippen molar-refractivity contribution in [3.05, 3.63) is 87.2 Å². The number of hydrogen-bond donors (Lipinski definition) is 0. The summed E-state index contributed by atoms with van der Waals surface area (Å²) in [6.07, 6.45) is -2.77. The molecule has 5 aromatic rings. The highest BCUT2D eigenvalue weighted by Crippen LogP contribution is 2.32. The predicted octanol–water partition coefficient (Wildman–Crippen LogP) is 3.86. The van der Waals surface area contributed by atoms with Gasteiger partial charge in [-0.05, 0) is 31.2 Å². The topological polar surface area (TPSA) is 75.5 Å². The quantitative estimate of drug-likeness (QED) is 0.334. The summed E-state index contributed by atoms with van der Waals surface area (Å²) in [5, 5.41) is 0. The van der Waals surface area contributed by atoms with Crippen molar-refractivity contribution in [3.8, 4) is 16.9 Å². The van der Waals surface area contributed by atoms with Gasteiger partial charge in [-0.2, -0.15) is 18.2 Å². The zero-order valence-electron chi connectivity index (χ0n) is 19.5. The van der Waals surface area contributed by atoms with Crippen LogP contribution in [0.1, 0.15) is 12.5 Å². The number of rotatable bonds is 6. The summed E-state index contributed by atoms with van der Waals surface area (Å²) in [6.45, 7) is 2.54. The van der Waals surface area contributed by atoms with Crippen molar-refractivity contribution >= 4 is 16.9 Å². The summed E-state index contributed by atoms with van der Waals surface area (Å²) in [6, 6.07) is 13.9. The van der Waals surface area contributed by atoms with Crippen LogP contribution < -0.4 is 11.2 Å². The normalized spacial score (nSPS) is 12.1. The van der Waals surface area contributed by atoms with Gasteiger partial charge in [0.1, 0.15) is 0 Å². The Hall–Kier alpha value is -4.12. The van der Waals surface area contributed by atoms with Crippen molar-refractivity contribution in [1.82, 2.24) is 23.1 Å². The van der Waals surface area contributed by atoms with Gasteiger partial charge in [0, 0.05) is 31.1 Å². The van der Waals surface area contributed by atoms with E-state index in [9.17, 15) is 22.8 Å². The first-order valence-corrected chi connectivity index (χ1v) is 11.3. The lowest BCUT2D eigenvalue weighted by Crippen LogP contribution is -2.40. The molecule has 11 heteroatoms. The highest BCUT2D eigenvalue weighted by atomic mass is 19.4. The summed E-state index contributed by atoms with van der Waals surface area (Å²) in [7, 11) is 1.52. The molecule has 2 aromatic carbocycles. The van der Waals surface area contributed by atoms with Crippen molar-refractivity contribution in [1.29, 1.82) is 0 Å². The lowest BCUT2D eigenvalue weighted by atomic mass is 10.1. The largest absolute Gasteiger partial charge is 0.416 e. The van der Waals surface area contributed by atoms with Crippen LogP contribution in [0.25, 0.3) is 33.9 Å². The minimum absolute atomic E-state index is 0.0771. The van der Waals surface area contributed by atoms with Gasteiger partial charge in [0.05, 0.1) is 24.4 Å². The minimum atomic E-state index is -4.47. The zero-order chi connectivity index (χ0) is 25.6. The van der Waals surface area contributed by atoms with Gasteiger partial charge in [-0.3, -0.25) is 22.9 Å². The molecule has 0 aliphatic rings. The molecule has 0 amide bonds. The van der Waals surface area contributed by atoms with Crippen LogP contribution >= 0.6 is 0 Å². The lowest BCUT2D eigenvalue weighted by molar-refractivity contribution is -0.137. The van der Waals surface area contributed by atoms with E-state index in [4.69, 9.17) is 4.74 Å². The predicted molar refractivity (Wildman–Crippen MR) is 128 cm³/mol. The summed E-state index contributed by atoms with van der Waals surface area (Å²) in [4.78, 5) is 30.9. The molecular weight excluding hydrogens is 475 g/mol. The number of nitrogens with zero attached hydrogens (tertiary/aromatic N) is 5. The molecular formula is C25H22F3N5O3. The number of fused-ring (bicyclic) bond motifs is 3. The lowest BCUT2D eigenvalue weighted by Gasteiger charge is -2.11. The maximum Gasteiger partial charge on any atom is 0.416 e. The highest BCUT2D eigenvalue weighted by Gasteiger charge is 2.30. The number of ether oxygens (including phenoxy) is 1. The molecule has 0 saturated heterocycles. The zero-order valence-corrected chi connectivity index (χ0v) is 19.5. The molecule has 0 atom stereocenters. The van der Waals surface area contributed by atoms with E-state index < -0.39 is 23.0 Å². The molecule has 0 spiro atoms. The van der Waals surface area contributed by atoms with Crippen molar-refractivity contribution in [3.63, 3.8) is 0 Å². The second-order valence-electron chi connectivity index (χ2n) is 8.21. The third kappa shape index (κ3) is 3.81. The first kappa shape index (κ1) is 23.6. The number of imidazole rings is 2. The van der Waals surface area contributed by atoms with Crippen LogP contribution in [0.5, 0.6) is 0 Å². The van der Waals surface area contributed by atoms with Gasteiger partial charge in [-0.15, -0.1) is 0 Å². The Morgan fingerprint density at radius 1 is 1.00 bits per heavy atom. The Morgan fingerprint density at radius 3 is 2.33 bits per heavy atom. The van der Waals surface area contributed by atoms with Crippen molar-refractivity contribution in [2.45, 2.75) is 19.6 Å². The maximum atomic E-state index is 13.4. The van der Waals surface area contributed by atoms with Crippen LogP contribution in [0.2, 0.25) is 0 Å². The van der Waals surface area contributed by atoms with E-state index >= 15 is 0 Å². The third-order valence-corrected chi connectivity index (χ3v) is 6.04. The maximum absolute atomic E-state index is 13.4. The molecule has 5 rings (SSSR count). The SMILES string of the molecule is CCOCCn1c(=O)c2c(nc3n(-c4ccc(C(F)(F)F)cc4)c(-c4ccccc4)cn23)n(C)c1=O. The van der Waals surface area contributed by atoms with Crippen LogP contribution in [0.3, 0.4) is 0 Å². The number of hydrogen-bond acceptors (Lipinski definition) is 4. The molecule has 0 aliphatic heterocycles. The second kappa shape index (κ2) is 8.83. The number of aryl methyl sites for hydroxylation is 1. The van der Waals surface area contributed by atoms with Crippen LogP contribution in [-0.4, -0.2) is 36.3 Å². The Morgan fingerprint density at radius 2 is 1.69 bits per heavy atom. The van der Waals surface area contributed by atoms with Crippen LogP contribution in [0.4, 0.5) is 13.2 Å². The molecule has 0 aliphatic carbocycles. The Bertz CT molecular complexity index is 1680. The van der Waals surface area contributed by atoms with Gasteiger partial charge in [0.2, 0.25) is 5.78 Å². The van der Waals surface area contributed by atoms with Crippen LogP contribution in [0, 0.1) is 0 Å². The average molecular weight is 497 g/mol. The standard InChI is InChI=1S/C25H22F3N5O3/c1-3-36-14-13-31-22(34)20-21(30(2)24(31)35)29-23-32(20)15-19(16-7-5-4-6-8-16)33(23)18-11-9-17(10-12-18)25(26,27)28/h4-12,15H,3,13-14H2,1-2H3. The number of aromatic nitrogens is 5. The van der Waals surface area contributed by atoms with E-state index in [-0.39, 0.29) is 24.3 Å². The fourth-order valence-corrected chi connectivity index (χ4v) is 4.26. The van der Waals surface area contributed by atoms with Crippen LogP contribution in [0.15, 0.2) is 70.4 Å². The van der Waals surface area contributed by atoms with E-state index in [1.54, 1.807) is 15.2 Å². The summed E-state index contributed by atoms with van der Waals surface area (Å²) >= 11 is 0. The molecule has 0 radical (unpaired) electrons. The van der Waals surface area contributed by atoms with E-state index in [1.165, 1.54) is 23.7 Å². The first-order valence-electron chi connectivity index (χ1n) is 11.3. The molecule has 3 aromatic heterocycles. The smallest absolute Gasteiger partial charge is 0.380 e. The molecule has 8 nitrogen and oxygen atoms in total. The van der Waals surface area contributed by atoms with E-state index in [1.807, 2.05) is 37.3 Å². The molecule has 3 heterocycles. The first-order chi connectivity index (χ1) is 17.2. The molecule has 0 saturated carbocycles. The minimum Gasteiger partial charge on any atom is -0.380 e. The molecule has 0 bridgehead atoms. The van der Waals surface area contributed by atoms with E-state index in [0.29, 0.717) is 23.8 Å². The number of halogens is 3. The van der Waals surface area contributed by atoms with Crippen molar-refractivity contribution in [2.24, 2.45) is 7.05 Å². The van der Waals surface area contributed by atoms with Crippen molar-refractivity contribution < 1.29 is 17.9 Å². The van der Waals surface area contributed by atoms with Gasteiger partial charge in [0.15, 0.2) is 11.2 Å². The summed E-state index contributed by atoms with van der Waals surface area (Å²) < 4.78 is 50.5. The summed E-state index contributed by atoms with van der Waals surface area (Å²) in [5.74, 6) is 0.290. The number of benzene rings is 2. The molecule has 0 fully saturated rings. The van der Waals surface area contributed by atoms with Gasteiger partial charge in [0.25, 0.3) is 5.56 Å². The molecule has 0 unspecified atom stereocenters. The fourth-order valence-electron chi connectivity index (χ4n) is 4.26. The van der Waals surface area contributed by atoms with Crippen LogP contribution in [-0.2, 0) is 24.5 Å². The fraction of sp³-hybridized carbons (Fsp3) is 0.240. The monoisotopic (exact) mass is 497 g/mol. The van der Waals surface area contributed by atoms with Gasteiger partial charge >= 0.3 is 11.9 Å². The average Bonchev–Trinajstić information content (AvgIpc) is 3.41. The molecule has 186 valence electrons. The second-order valence-corrected chi connectivity index (χ2v) is 8.21.